The Bertz CT molecular complexity index is 810. The van der Waals surface area contributed by atoms with Crippen LogP contribution in [0.3, 0.4) is 0 Å². The van der Waals surface area contributed by atoms with Gasteiger partial charge in [0.15, 0.2) is 0 Å². The Morgan fingerprint density at radius 2 is 1.93 bits per heavy atom. The molecule has 2 aromatic rings. The molecule has 0 saturated carbocycles. The Morgan fingerprint density at radius 3 is 2.43 bits per heavy atom. The third-order valence-electron chi connectivity index (χ3n) is 4.06. The minimum Gasteiger partial charge on any atom is -0.434 e. The summed E-state index contributed by atoms with van der Waals surface area (Å²) in [7, 11) is 0. The van der Waals surface area contributed by atoms with Gasteiger partial charge in [-0.3, -0.25) is 4.68 Å². The van der Waals surface area contributed by atoms with Gasteiger partial charge in [-0.15, -0.1) is 0 Å². The molecule has 156 valence electrons. The average Bonchev–Trinajstić information content (AvgIpc) is 2.94. The van der Waals surface area contributed by atoms with Crippen LogP contribution < -0.4 is 10.1 Å². The van der Waals surface area contributed by atoms with Gasteiger partial charge in [0, 0.05) is 18.8 Å². The van der Waals surface area contributed by atoms with Crippen molar-refractivity contribution in [2.75, 3.05) is 5.32 Å². The van der Waals surface area contributed by atoms with Crippen molar-refractivity contribution in [1.29, 1.82) is 0 Å². The zero-order valence-electron chi connectivity index (χ0n) is 15.4. The van der Waals surface area contributed by atoms with E-state index in [-0.39, 0.29) is 28.6 Å². The minimum absolute atomic E-state index is 0.116. The van der Waals surface area contributed by atoms with Crippen LogP contribution in [0.5, 0.6) is 5.75 Å². The minimum atomic E-state index is -4.51. The van der Waals surface area contributed by atoms with Crippen molar-refractivity contribution >= 4 is 17.4 Å². The van der Waals surface area contributed by atoms with Gasteiger partial charge >= 0.3 is 12.8 Å². The number of aromatic nitrogens is 3. The molecule has 0 spiro atoms. The van der Waals surface area contributed by atoms with Crippen LogP contribution in [0.2, 0.25) is 5.02 Å². The smallest absolute Gasteiger partial charge is 0.408 e. The number of hydrogen-bond acceptors (Lipinski definition) is 4. The highest BCUT2D eigenvalue weighted by atomic mass is 35.5. The molecule has 0 aromatic carbocycles. The molecule has 1 atom stereocenters. The number of aryl methyl sites for hydroxylation is 2. The van der Waals surface area contributed by atoms with Gasteiger partial charge in [0.2, 0.25) is 0 Å². The first-order valence-corrected chi connectivity index (χ1v) is 9.03. The molecule has 0 radical (unpaired) electrons. The summed E-state index contributed by atoms with van der Waals surface area (Å²) < 4.78 is 70.8. The van der Waals surface area contributed by atoms with Crippen LogP contribution in [-0.4, -0.2) is 33.6 Å². The summed E-state index contributed by atoms with van der Waals surface area (Å²) in [6.45, 7) is 2.19. The number of halogens is 6. The number of nitrogens with zero attached hydrogens (tertiary/aromatic N) is 3. The Hall–Kier alpha value is -2.10. The molecular weight excluding hydrogens is 407 g/mol. The molecule has 0 aliphatic rings. The fraction of sp³-hybridized carbons (Fsp3) is 0.529. The molecule has 0 bridgehead atoms. The standard InChI is InChI=1S/C17H20ClF5N4O/c1-4-10-14(18)15(27(6-3)26-10)9-8-24-13(7-11(9)28-16(19)20)25-12(5-2)17(21,22)23/h7-8,12,16H,4-6H2,1-3H3,(H,24,25)/t12-/m1/s1. The molecule has 0 unspecified atom stereocenters. The maximum atomic E-state index is 13.0. The summed E-state index contributed by atoms with van der Waals surface area (Å²) in [5.41, 5.74) is 0.996. The van der Waals surface area contributed by atoms with Gasteiger partial charge in [-0.2, -0.15) is 27.1 Å². The Kier molecular flexibility index (Phi) is 7.08. The summed E-state index contributed by atoms with van der Waals surface area (Å²) >= 11 is 6.34. The predicted octanol–water partition coefficient (Wildman–Crippen LogP) is 5.54. The van der Waals surface area contributed by atoms with Gasteiger partial charge in [0.05, 0.1) is 22.0 Å². The summed E-state index contributed by atoms with van der Waals surface area (Å²) in [5, 5.41) is 6.77. The van der Waals surface area contributed by atoms with E-state index in [2.05, 4.69) is 20.1 Å². The summed E-state index contributed by atoms with van der Waals surface area (Å²) in [4.78, 5) is 3.94. The highest BCUT2D eigenvalue weighted by Gasteiger charge is 2.38. The number of rotatable bonds is 8. The van der Waals surface area contributed by atoms with Crippen molar-refractivity contribution in [3.8, 4) is 17.0 Å². The molecule has 0 saturated heterocycles. The van der Waals surface area contributed by atoms with Crippen molar-refractivity contribution in [2.24, 2.45) is 0 Å². The van der Waals surface area contributed by atoms with Crippen molar-refractivity contribution in [3.63, 3.8) is 0 Å². The third-order valence-corrected chi connectivity index (χ3v) is 4.46. The zero-order chi connectivity index (χ0) is 21.1. The van der Waals surface area contributed by atoms with Crippen LogP contribution in [0.15, 0.2) is 12.3 Å². The topological polar surface area (TPSA) is 52.0 Å². The molecular formula is C17H20ClF5N4O. The number of hydrogen-bond donors (Lipinski definition) is 1. The van der Waals surface area contributed by atoms with Crippen molar-refractivity contribution in [1.82, 2.24) is 14.8 Å². The Balaban J connectivity index is 2.53. The molecule has 0 fully saturated rings. The van der Waals surface area contributed by atoms with Crippen molar-refractivity contribution in [3.05, 3.63) is 23.0 Å². The molecule has 5 nitrogen and oxygen atoms in total. The molecule has 2 heterocycles. The first kappa shape index (κ1) is 22.2. The van der Waals surface area contributed by atoms with Crippen LogP contribution in [0.25, 0.3) is 11.3 Å². The molecule has 0 amide bonds. The van der Waals surface area contributed by atoms with Gasteiger partial charge in [-0.05, 0) is 19.8 Å². The largest absolute Gasteiger partial charge is 0.434 e. The van der Waals surface area contributed by atoms with Gasteiger partial charge in [-0.25, -0.2) is 4.98 Å². The van der Waals surface area contributed by atoms with E-state index in [4.69, 9.17) is 11.6 Å². The first-order valence-electron chi connectivity index (χ1n) is 8.65. The predicted molar refractivity (Wildman–Crippen MR) is 95.9 cm³/mol. The summed E-state index contributed by atoms with van der Waals surface area (Å²) in [6, 6.07) is -0.869. The van der Waals surface area contributed by atoms with Gasteiger partial charge < -0.3 is 10.1 Å². The number of alkyl halides is 5. The average molecular weight is 427 g/mol. The van der Waals surface area contributed by atoms with Gasteiger partial charge in [0.1, 0.15) is 17.6 Å². The lowest BCUT2D eigenvalue weighted by Crippen LogP contribution is -2.35. The van der Waals surface area contributed by atoms with Crippen LogP contribution in [0.1, 0.15) is 32.9 Å². The Labute approximate surface area is 163 Å². The fourth-order valence-electron chi connectivity index (χ4n) is 2.68. The number of nitrogens with one attached hydrogen (secondary N) is 1. The van der Waals surface area contributed by atoms with Crippen molar-refractivity contribution in [2.45, 2.75) is 59.0 Å². The second kappa shape index (κ2) is 8.93. The van der Waals surface area contributed by atoms with E-state index in [0.717, 1.165) is 12.3 Å². The molecule has 2 rings (SSSR count). The number of ether oxygens (including phenoxy) is 1. The highest BCUT2D eigenvalue weighted by molar-refractivity contribution is 6.33. The Morgan fingerprint density at radius 1 is 1.25 bits per heavy atom. The molecule has 0 aliphatic carbocycles. The molecule has 1 N–H and O–H groups in total. The normalized spacial score (nSPS) is 13.1. The molecule has 28 heavy (non-hydrogen) atoms. The van der Waals surface area contributed by atoms with E-state index in [0.29, 0.717) is 24.4 Å². The number of pyridine rings is 1. The molecule has 0 aliphatic heterocycles. The second-order valence-electron chi connectivity index (χ2n) is 5.87. The molecule has 2 aromatic heterocycles. The monoisotopic (exact) mass is 426 g/mol. The molecule has 11 heteroatoms. The lowest BCUT2D eigenvalue weighted by molar-refractivity contribution is -0.142. The van der Waals surface area contributed by atoms with Crippen LogP contribution in [-0.2, 0) is 13.0 Å². The quantitative estimate of drug-likeness (QED) is 0.563. The summed E-state index contributed by atoms with van der Waals surface area (Å²) in [6.07, 6.45) is -3.11. The fourth-order valence-corrected chi connectivity index (χ4v) is 3.05. The van der Waals surface area contributed by atoms with Crippen LogP contribution >= 0.6 is 11.6 Å². The van der Waals surface area contributed by atoms with E-state index in [1.54, 1.807) is 6.92 Å². The van der Waals surface area contributed by atoms with E-state index in [1.807, 2.05) is 6.92 Å². The van der Waals surface area contributed by atoms with E-state index in [9.17, 15) is 22.0 Å². The highest BCUT2D eigenvalue weighted by Crippen LogP contribution is 2.38. The lowest BCUT2D eigenvalue weighted by atomic mass is 10.1. The van der Waals surface area contributed by atoms with Crippen LogP contribution in [0.4, 0.5) is 27.8 Å². The maximum absolute atomic E-state index is 13.0. The zero-order valence-corrected chi connectivity index (χ0v) is 16.2. The lowest BCUT2D eigenvalue weighted by Gasteiger charge is -2.21. The van der Waals surface area contributed by atoms with Crippen LogP contribution in [0, 0.1) is 0 Å². The van der Waals surface area contributed by atoms with Crippen molar-refractivity contribution < 1.29 is 26.7 Å². The second-order valence-corrected chi connectivity index (χ2v) is 6.25. The summed E-state index contributed by atoms with van der Waals surface area (Å²) in [5.74, 6) is -0.582. The van der Waals surface area contributed by atoms with Gasteiger partial charge in [-0.1, -0.05) is 25.4 Å². The van der Waals surface area contributed by atoms with E-state index >= 15 is 0 Å². The van der Waals surface area contributed by atoms with E-state index in [1.165, 1.54) is 11.6 Å². The SMILES string of the molecule is CCc1nn(CC)c(-c2cnc(N[C@H](CC)C(F)(F)F)cc2OC(F)F)c1Cl. The van der Waals surface area contributed by atoms with Gasteiger partial charge in [0.25, 0.3) is 0 Å². The first-order chi connectivity index (χ1) is 13.1. The van der Waals surface area contributed by atoms with E-state index < -0.39 is 18.8 Å². The number of anilines is 1. The third kappa shape index (κ3) is 4.84. The maximum Gasteiger partial charge on any atom is 0.408 e.